The topological polar surface area (TPSA) is 93.8 Å². The highest BCUT2D eigenvalue weighted by Crippen LogP contribution is 2.17. The minimum Gasteiger partial charge on any atom is -0.280 e. The molecule has 2 aromatic rings. The number of anilines is 1. The molecule has 0 atom stereocenters. The summed E-state index contributed by atoms with van der Waals surface area (Å²) in [5, 5.41) is 17.4. The van der Waals surface area contributed by atoms with E-state index in [0.717, 1.165) is 5.56 Å². The predicted molar refractivity (Wildman–Crippen MR) is 77.7 cm³/mol. The van der Waals surface area contributed by atoms with Crippen LogP contribution in [0.1, 0.15) is 11.1 Å². The molecule has 0 spiro atoms. The first-order chi connectivity index (χ1) is 10.0. The Morgan fingerprint density at radius 1 is 1.05 bits per heavy atom. The van der Waals surface area contributed by atoms with Gasteiger partial charge in [-0.3, -0.25) is 4.72 Å². The van der Waals surface area contributed by atoms with Crippen molar-refractivity contribution in [1.29, 1.82) is 10.5 Å². The van der Waals surface area contributed by atoms with Crippen LogP contribution in [0, 0.1) is 22.7 Å². The number of nitrogens with one attached hydrogen (secondary N) is 1. The van der Waals surface area contributed by atoms with Gasteiger partial charge in [0.15, 0.2) is 0 Å². The number of hydrogen-bond donors (Lipinski definition) is 1. The Morgan fingerprint density at radius 3 is 2.38 bits per heavy atom. The second-order valence-corrected chi connectivity index (χ2v) is 5.96. The van der Waals surface area contributed by atoms with E-state index in [2.05, 4.69) is 4.72 Å². The lowest BCUT2D eigenvalue weighted by Crippen LogP contribution is -2.13. The second-order valence-electron chi connectivity index (χ2n) is 4.28. The standard InChI is InChI=1S/C15H11N3O2S/c16-9-8-12-4-6-15(7-5-12)21(19,20)18-14-3-1-2-13(10-14)11-17/h1-7,10,18H,8H2. The molecule has 0 heterocycles. The molecule has 0 aliphatic heterocycles. The van der Waals surface area contributed by atoms with Gasteiger partial charge in [-0.15, -0.1) is 0 Å². The summed E-state index contributed by atoms with van der Waals surface area (Å²) in [7, 11) is -3.71. The molecule has 0 radical (unpaired) electrons. The number of rotatable bonds is 4. The van der Waals surface area contributed by atoms with Gasteiger partial charge in [-0.05, 0) is 35.9 Å². The summed E-state index contributed by atoms with van der Waals surface area (Å²) in [6, 6.07) is 16.3. The van der Waals surface area contributed by atoms with Crippen molar-refractivity contribution in [3.63, 3.8) is 0 Å². The lowest BCUT2D eigenvalue weighted by atomic mass is 10.2. The Kier molecular flexibility index (Phi) is 4.22. The monoisotopic (exact) mass is 297 g/mol. The van der Waals surface area contributed by atoms with Crippen LogP contribution in [-0.2, 0) is 16.4 Å². The average molecular weight is 297 g/mol. The Balaban J connectivity index is 2.26. The fourth-order valence-electron chi connectivity index (χ4n) is 1.74. The molecule has 21 heavy (non-hydrogen) atoms. The van der Waals surface area contributed by atoms with E-state index in [1.807, 2.05) is 12.1 Å². The molecule has 6 heteroatoms. The first kappa shape index (κ1) is 14.6. The van der Waals surface area contributed by atoms with Gasteiger partial charge in [-0.25, -0.2) is 8.42 Å². The van der Waals surface area contributed by atoms with Gasteiger partial charge < -0.3 is 0 Å². The molecule has 2 aromatic carbocycles. The van der Waals surface area contributed by atoms with Gasteiger partial charge in [-0.2, -0.15) is 10.5 Å². The molecule has 0 saturated carbocycles. The molecule has 0 unspecified atom stereocenters. The van der Waals surface area contributed by atoms with Gasteiger partial charge in [0, 0.05) is 0 Å². The van der Waals surface area contributed by atoms with Crippen LogP contribution in [-0.4, -0.2) is 8.42 Å². The summed E-state index contributed by atoms with van der Waals surface area (Å²) in [6.07, 6.45) is 0.234. The Hall–Kier alpha value is -2.83. The highest BCUT2D eigenvalue weighted by atomic mass is 32.2. The van der Waals surface area contributed by atoms with E-state index in [1.54, 1.807) is 30.3 Å². The molecule has 0 fully saturated rings. The fraction of sp³-hybridized carbons (Fsp3) is 0.0667. The largest absolute Gasteiger partial charge is 0.280 e. The van der Waals surface area contributed by atoms with E-state index in [9.17, 15) is 8.42 Å². The Bertz CT molecular complexity index is 828. The van der Waals surface area contributed by atoms with E-state index < -0.39 is 10.0 Å². The SMILES string of the molecule is N#CCc1ccc(S(=O)(=O)Nc2cccc(C#N)c2)cc1. The van der Waals surface area contributed by atoms with Crippen molar-refractivity contribution in [3.8, 4) is 12.1 Å². The molecular formula is C15H11N3O2S. The Morgan fingerprint density at radius 2 is 1.76 bits per heavy atom. The third-order valence-corrected chi connectivity index (χ3v) is 4.16. The van der Waals surface area contributed by atoms with Crippen LogP contribution in [0.2, 0.25) is 0 Å². The van der Waals surface area contributed by atoms with Crippen molar-refractivity contribution in [2.24, 2.45) is 0 Å². The van der Waals surface area contributed by atoms with Crippen LogP contribution in [0.15, 0.2) is 53.4 Å². The zero-order valence-electron chi connectivity index (χ0n) is 10.9. The summed E-state index contributed by atoms with van der Waals surface area (Å²) in [6.45, 7) is 0. The van der Waals surface area contributed by atoms with Gasteiger partial charge in [0.2, 0.25) is 0 Å². The maximum atomic E-state index is 12.2. The first-order valence-corrected chi connectivity index (χ1v) is 7.52. The van der Waals surface area contributed by atoms with Crippen LogP contribution in [0.5, 0.6) is 0 Å². The number of hydrogen-bond acceptors (Lipinski definition) is 4. The zero-order valence-corrected chi connectivity index (χ0v) is 11.8. The molecule has 0 aliphatic carbocycles. The van der Waals surface area contributed by atoms with Crippen molar-refractivity contribution in [2.75, 3.05) is 4.72 Å². The fourth-order valence-corrected chi connectivity index (χ4v) is 2.79. The van der Waals surface area contributed by atoms with Crippen LogP contribution in [0.4, 0.5) is 5.69 Å². The van der Waals surface area contributed by atoms with Crippen LogP contribution < -0.4 is 4.72 Å². The van der Waals surface area contributed by atoms with Crippen molar-refractivity contribution in [3.05, 3.63) is 59.7 Å². The number of nitrogens with zero attached hydrogens (tertiary/aromatic N) is 2. The van der Waals surface area contributed by atoms with E-state index >= 15 is 0 Å². The quantitative estimate of drug-likeness (QED) is 0.937. The van der Waals surface area contributed by atoms with E-state index in [-0.39, 0.29) is 11.3 Å². The van der Waals surface area contributed by atoms with Crippen molar-refractivity contribution in [1.82, 2.24) is 0 Å². The number of benzene rings is 2. The molecule has 0 saturated heterocycles. The van der Waals surface area contributed by atoms with Crippen LogP contribution in [0.3, 0.4) is 0 Å². The summed E-state index contributed by atoms with van der Waals surface area (Å²) in [5.74, 6) is 0. The van der Waals surface area contributed by atoms with Gasteiger partial charge in [0.05, 0.1) is 34.7 Å². The second kappa shape index (κ2) is 6.08. The van der Waals surface area contributed by atoms with Crippen LogP contribution >= 0.6 is 0 Å². The Labute approximate surface area is 123 Å². The van der Waals surface area contributed by atoms with Crippen molar-refractivity contribution >= 4 is 15.7 Å². The van der Waals surface area contributed by atoms with Gasteiger partial charge in [-0.1, -0.05) is 18.2 Å². The molecule has 0 aliphatic rings. The van der Waals surface area contributed by atoms with E-state index in [4.69, 9.17) is 10.5 Å². The highest BCUT2D eigenvalue weighted by molar-refractivity contribution is 7.92. The molecule has 0 amide bonds. The molecule has 5 nitrogen and oxygen atoms in total. The first-order valence-electron chi connectivity index (χ1n) is 6.04. The molecule has 1 N–H and O–H groups in total. The maximum absolute atomic E-state index is 12.2. The maximum Gasteiger partial charge on any atom is 0.261 e. The summed E-state index contributed by atoms with van der Waals surface area (Å²) in [5.41, 5.74) is 1.46. The number of sulfonamides is 1. The average Bonchev–Trinajstić information content (AvgIpc) is 2.48. The molecule has 0 bridgehead atoms. The normalized spacial score (nSPS) is 10.4. The lowest BCUT2D eigenvalue weighted by molar-refractivity contribution is 0.601. The van der Waals surface area contributed by atoms with E-state index in [1.165, 1.54) is 18.2 Å². The molecule has 104 valence electrons. The third kappa shape index (κ3) is 3.59. The summed E-state index contributed by atoms with van der Waals surface area (Å²) in [4.78, 5) is 0.103. The zero-order chi connectivity index (χ0) is 15.3. The lowest BCUT2D eigenvalue weighted by Gasteiger charge is -2.08. The highest BCUT2D eigenvalue weighted by Gasteiger charge is 2.14. The van der Waals surface area contributed by atoms with E-state index in [0.29, 0.717) is 11.3 Å². The smallest absolute Gasteiger partial charge is 0.261 e. The van der Waals surface area contributed by atoms with Gasteiger partial charge in [0.1, 0.15) is 0 Å². The van der Waals surface area contributed by atoms with Crippen LogP contribution in [0.25, 0.3) is 0 Å². The minimum absolute atomic E-state index is 0.103. The minimum atomic E-state index is -3.71. The number of nitriles is 2. The predicted octanol–water partition coefficient (Wildman–Crippen LogP) is 2.43. The van der Waals surface area contributed by atoms with Gasteiger partial charge >= 0.3 is 0 Å². The summed E-state index contributed by atoms with van der Waals surface area (Å²) < 4.78 is 26.8. The van der Waals surface area contributed by atoms with Crippen molar-refractivity contribution < 1.29 is 8.42 Å². The van der Waals surface area contributed by atoms with Crippen molar-refractivity contribution in [2.45, 2.75) is 11.3 Å². The molecular weight excluding hydrogens is 286 g/mol. The molecule has 0 aromatic heterocycles. The summed E-state index contributed by atoms with van der Waals surface area (Å²) >= 11 is 0. The van der Waals surface area contributed by atoms with Gasteiger partial charge in [0.25, 0.3) is 10.0 Å². The molecule has 2 rings (SSSR count). The third-order valence-electron chi connectivity index (χ3n) is 2.76.